The van der Waals surface area contributed by atoms with Gasteiger partial charge in [-0.1, -0.05) is 30.3 Å². The van der Waals surface area contributed by atoms with Crippen molar-refractivity contribution in [2.45, 2.75) is 31.8 Å². The molecule has 1 saturated heterocycles. The SMILES string of the molecule is O=C(CCc1ccc(-c2ccccc2)[nH]1)NCC1CCCO1. The summed E-state index contributed by atoms with van der Waals surface area (Å²) in [7, 11) is 0. The van der Waals surface area contributed by atoms with Crippen molar-refractivity contribution in [1.29, 1.82) is 0 Å². The molecule has 2 aromatic rings. The van der Waals surface area contributed by atoms with Crippen LogP contribution in [0.15, 0.2) is 42.5 Å². The van der Waals surface area contributed by atoms with Gasteiger partial charge in [0.2, 0.25) is 5.91 Å². The Kier molecular flexibility index (Phi) is 4.91. The summed E-state index contributed by atoms with van der Waals surface area (Å²) in [6.07, 6.45) is 3.59. The summed E-state index contributed by atoms with van der Waals surface area (Å²) in [5.41, 5.74) is 3.35. The maximum atomic E-state index is 11.9. The smallest absolute Gasteiger partial charge is 0.220 e. The molecule has 4 heteroatoms. The van der Waals surface area contributed by atoms with Crippen molar-refractivity contribution in [2.75, 3.05) is 13.2 Å². The number of carbonyl (C=O) groups excluding carboxylic acids is 1. The predicted octanol–water partition coefficient (Wildman–Crippen LogP) is 2.91. The number of amides is 1. The zero-order chi connectivity index (χ0) is 15.2. The van der Waals surface area contributed by atoms with Gasteiger partial charge in [0.05, 0.1) is 6.10 Å². The van der Waals surface area contributed by atoms with E-state index in [4.69, 9.17) is 4.74 Å². The van der Waals surface area contributed by atoms with Crippen molar-refractivity contribution in [2.24, 2.45) is 0 Å². The fraction of sp³-hybridized carbons (Fsp3) is 0.389. The molecule has 1 aromatic heterocycles. The second kappa shape index (κ2) is 7.27. The molecule has 116 valence electrons. The minimum absolute atomic E-state index is 0.0892. The molecule has 2 heterocycles. The van der Waals surface area contributed by atoms with Crippen molar-refractivity contribution >= 4 is 5.91 Å². The second-order valence-corrected chi connectivity index (χ2v) is 5.70. The number of nitrogens with one attached hydrogen (secondary N) is 2. The van der Waals surface area contributed by atoms with Crippen molar-refractivity contribution in [3.05, 3.63) is 48.2 Å². The van der Waals surface area contributed by atoms with Crippen LogP contribution in [0.1, 0.15) is 25.0 Å². The Morgan fingerprint density at radius 2 is 2.09 bits per heavy atom. The number of aromatic nitrogens is 1. The number of ether oxygens (including phenoxy) is 1. The average Bonchev–Trinajstić information content (AvgIpc) is 3.23. The van der Waals surface area contributed by atoms with Crippen LogP contribution in [0.4, 0.5) is 0 Å². The normalized spacial score (nSPS) is 17.5. The molecule has 1 aliphatic heterocycles. The largest absolute Gasteiger partial charge is 0.376 e. The van der Waals surface area contributed by atoms with E-state index in [0.717, 1.165) is 42.8 Å². The first-order chi connectivity index (χ1) is 10.8. The topological polar surface area (TPSA) is 54.1 Å². The molecule has 0 aliphatic carbocycles. The van der Waals surface area contributed by atoms with E-state index in [1.807, 2.05) is 18.2 Å². The lowest BCUT2D eigenvalue weighted by atomic mass is 10.2. The summed E-state index contributed by atoms with van der Waals surface area (Å²) in [5.74, 6) is 0.0892. The van der Waals surface area contributed by atoms with Crippen molar-refractivity contribution in [1.82, 2.24) is 10.3 Å². The Morgan fingerprint density at radius 3 is 2.86 bits per heavy atom. The van der Waals surface area contributed by atoms with Crippen LogP contribution < -0.4 is 5.32 Å². The van der Waals surface area contributed by atoms with Gasteiger partial charge in [-0.15, -0.1) is 0 Å². The number of benzene rings is 1. The number of rotatable bonds is 6. The molecule has 0 spiro atoms. The van der Waals surface area contributed by atoms with E-state index >= 15 is 0 Å². The zero-order valence-electron chi connectivity index (χ0n) is 12.7. The van der Waals surface area contributed by atoms with Gasteiger partial charge in [0, 0.05) is 31.0 Å². The lowest BCUT2D eigenvalue weighted by Gasteiger charge is -2.10. The average molecular weight is 298 g/mol. The second-order valence-electron chi connectivity index (χ2n) is 5.70. The van der Waals surface area contributed by atoms with Crippen molar-refractivity contribution in [3.8, 4) is 11.3 Å². The first-order valence-corrected chi connectivity index (χ1v) is 7.93. The Balaban J connectivity index is 1.45. The third-order valence-corrected chi connectivity index (χ3v) is 4.00. The van der Waals surface area contributed by atoms with Crippen LogP contribution in [0.3, 0.4) is 0 Å². The molecule has 4 nitrogen and oxygen atoms in total. The Labute approximate surface area is 130 Å². The van der Waals surface area contributed by atoms with E-state index in [1.54, 1.807) is 0 Å². The van der Waals surface area contributed by atoms with Gasteiger partial charge >= 0.3 is 0 Å². The van der Waals surface area contributed by atoms with Crippen LogP contribution in [-0.4, -0.2) is 30.1 Å². The highest BCUT2D eigenvalue weighted by atomic mass is 16.5. The maximum Gasteiger partial charge on any atom is 0.220 e. The van der Waals surface area contributed by atoms with E-state index in [0.29, 0.717) is 13.0 Å². The van der Waals surface area contributed by atoms with E-state index in [-0.39, 0.29) is 12.0 Å². The number of aromatic amines is 1. The standard InChI is InChI=1S/C18H22N2O2/c21-18(19-13-16-7-4-12-22-16)11-9-15-8-10-17(20-15)14-5-2-1-3-6-14/h1-3,5-6,8,10,16,20H,4,7,9,11-13H2,(H,19,21). The number of H-pyrrole nitrogens is 1. The molecule has 3 rings (SSSR count). The van der Waals surface area contributed by atoms with Crippen LogP contribution in [0.25, 0.3) is 11.3 Å². The molecule has 1 aliphatic rings. The summed E-state index contributed by atoms with van der Waals surface area (Å²) < 4.78 is 5.50. The molecular weight excluding hydrogens is 276 g/mol. The van der Waals surface area contributed by atoms with Gasteiger partial charge in [-0.2, -0.15) is 0 Å². The highest BCUT2D eigenvalue weighted by Gasteiger charge is 2.16. The number of hydrogen-bond acceptors (Lipinski definition) is 2. The lowest BCUT2D eigenvalue weighted by Crippen LogP contribution is -2.31. The molecule has 0 saturated carbocycles. The maximum absolute atomic E-state index is 11.9. The van der Waals surface area contributed by atoms with Crippen LogP contribution in [0.5, 0.6) is 0 Å². The Morgan fingerprint density at radius 1 is 1.23 bits per heavy atom. The Bertz CT molecular complexity index is 601. The molecule has 1 atom stereocenters. The van der Waals surface area contributed by atoms with Gasteiger partial charge < -0.3 is 15.0 Å². The molecule has 0 bridgehead atoms. The predicted molar refractivity (Wildman–Crippen MR) is 86.5 cm³/mol. The molecular formula is C18H22N2O2. The van der Waals surface area contributed by atoms with Gasteiger partial charge in [0.15, 0.2) is 0 Å². The molecule has 0 radical (unpaired) electrons. The van der Waals surface area contributed by atoms with E-state index in [1.165, 1.54) is 0 Å². The van der Waals surface area contributed by atoms with E-state index in [2.05, 4.69) is 34.6 Å². The van der Waals surface area contributed by atoms with Gasteiger partial charge in [0.1, 0.15) is 0 Å². The summed E-state index contributed by atoms with van der Waals surface area (Å²) in [6, 6.07) is 14.3. The first-order valence-electron chi connectivity index (χ1n) is 7.93. The minimum Gasteiger partial charge on any atom is -0.376 e. The summed E-state index contributed by atoms with van der Waals surface area (Å²) in [5, 5.41) is 2.96. The van der Waals surface area contributed by atoms with Crippen LogP contribution >= 0.6 is 0 Å². The monoisotopic (exact) mass is 298 g/mol. The quantitative estimate of drug-likeness (QED) is 0.861. The van der Waals surface area contributed by atoms with Crippen molar-refractivity contribution < 1.29 is 9.53 Å². The summed E-state index contributed by atoms with van der Waals surface area (Å²) in [6.45, 7) is 1.46. The Hall–Kier alpha value is -2.07. The summed E-state index contributed by atoms with van der Waals surface area (Å²) >= 11 is 0. The third-order valence-electron chi connectivity index (χ3n) is 4.00. The highest BCUT2D eigenvalue weighted by molar-refractivity contribution is 5.76. The van der Waals surface area contributed by atoms with Crippen LogP contribution in [-0.2, 0) is 16.0 Å². The summed E-state index contributed by atoms with van der Waals surface area (Å²) in [4.78, 5) is 15.2. The molecule has 1 aromatic carbocycles. The minimum atomic E-state index is 0.0892. The fourth-order valence-electron chi connectivity index (χ4n) is 2.74. The molecule has 2 N–H and O–H groups in total. The van der Waals surface area contributed by atoms with Gasteiger partial charge in [0.25, 0.3) is 0 Å². The van der Waals surface area contributed by atoms with E-state index in [9.17, 15) is 4.79 Å². The molecule has 1 unspecified atom stereocenters. The zero-order valence-corrected chi connectivity index (χ0v) is 12.7. The van der Waals surface area contributed by atoms with Gasteiger partial charge in [-0.25, -0.2) is 0 Å². The lowest BCUT2D eigenvalue weighted by molar-refractivity contribution is -0.121. The fourth-order valence-corrected chi connectivity index (χ4v) is 2.74. The number of aryl methyl sites for hydroxylation is 1. The van der Waals surface area contributed by atoms with Gasteiger partial charge in [-0.05, 0) is 37.0 Å². The molecule has 22 heavy (non-hydrogen) atoms. The first kappa shape index (κ1) is 14.9. The molecule has 1 fully saturated rings. The third kappa shape index (κ3) is 3.98. The van der Waals surface area contributed by atoms with E-state index < -0.39 is 0 Å². The molecule has 1 amide bonds. The van der Waals surface area contributed by atoms with Crippen molar-refractivity contribution in [3.63, 3.8) is 0 Å². The van der Waals surface area contributed by atoms with Crippen LogP contribution in [0.2, 0.25) is 0 Å². The number of hydrogen-bond donors (Lipinski definition) is 2. The highest BCUT2D eigenvalue weighted by Crippen LogP contribution is 2.18. The van der Waals surface area contributed by atoms with Gasteiger partial charge in [-0.3, -0.25) is 4.79 Å². The van der Waals surface area contributed by atoms with Crippen LogP contribution in [0, 0.1) is 0 Å². The number of carbonyl (C=O) groups is 1.